The van der Waals surface area contributed by atoms with E-state index in [0.717, 1.165) is 0 Å². The Labute approximate surface area is 107 Å². The molecule has 0 bridgehead atoms. The summed E-state index contributed by atoms with van der Waals surface area (Å²) >= 11 is 0. The predicted octanol–water partition coefficient (Wildman–Crippen LogP) is 1.78. The molecule has 19 heavy (non-hydrogen) atoms. The second-order valence-electron chi connectivity index (χ2n) is 3.71. The van der Waals surface area contributed by atoms with Gasteiger partial charge in [0, 0.05) is 6.07 Å². The van der Waals surface area contributed by atoms with E-state index in [-0.39, 0.29) is 28.6 Å². The number of hydrogen-bond donors (Lipinski definition) is 2. The van der Waals surface area contributed by atoms with Crippen molar-refractivity contribution in [1.29, 1.82) is 0 Å². The largest absolute Gasteiger partial charge is 0.306 e. The van der Waals surface area contributed by atoms with Gasteiger partial charge in [0.1, 0.15) is 0 Å². The lowest BCUT2D eigenvalue weighted by Gasteiger charge is -2.07. The van der Waals surface area contributed by atoms with Crippen molar-refractivity contribution in [3.05, 3.63) is 45.9 Å². The molecule has 0 radical (unpaired) electrons. The van der Waals surface area contributed by atoms with Crippen LogP contribution < -0.4 is 11.3 Å². The fraction of sp³-hybridized carbons (Fsp3) is 0.0909. The van der Waals surface area contributed by atoms with Crippen LogP contribution in [-0.2, 0) is 0 Å². The Morgan fingerprint density at radius 3 is 2.68 bits per heavy atom. The quantitative estimate of drug-likeness (QED) is 0.496. The number of aryl methyl sites for hydroxylation is 1. The number of nitrogens with two attached hydrogens (primary N) is 1. The molecule has 0 aliphatic carbocycles. The minimum absolute atomic E-state index is 0.0409. The Morgan fingerprint density at radius 2 is 2.05 bits per heavy atom. The topological polar surface area (TPSA) is 107 Å². The highest BCUT2D eigenvalue weighted by Gasteiger charge is 2.19. The van der Waals surface area contributed by atoms with Crippen molar-refractivity contribution in [2.45, 2.75) is 6.92 Å². The molecular weight excluding hydrogens is 253 g/mol. The summed E-state index contributed by atoms with van der Waals surface area (Å²) in [6.07, 6.45) is 0. The van der Waals surface area contributed by atoms with Gasteiger partial charge in [-0.3, -0.25) is 10.1 Å². The van der Waals surface area contributed by atoms with Crippen LogP contribution in [0.4, 0.5) is 15.9 Å². The fourth-order valence-electron chi connectivity index (χ4n) is 1.60. The normalized spacial score (nSPS) is 10.3. The third kappa shape index (κ3) is 2.33. The van der Waals surface area contributed by atoms with E-state index in [9.17, 15) is 14.5 Å². The molecule has 2 aromatic rings. The van der Waals surface area contributed by atoms with Crippen molar-refractivity contribution in [2.24, 2.45) is 5.84 Å². The van der Waals surface area contributed by atoms with E-state index in [0.29, 0.717) is 0 Å². The van der Waals surface area contributed by atoms with Crippen LogP contribution in [-0.4, -0.2) is 14.9 Å². The van der Waals surface area contributed by atoms with Crippen molar-refractivity contribution in [3.63, 3.8) is 0 Å². The molecular formula is C11H10FN5O2. The van der Waals surface area contributed by atoms with Gasteiger partial charge in [-0.05, 0) is 13.0 Å². The molecule has 1 heterocycles. The summed E-state index contributed by atoms with van der Waals surface area (Å²) in [5.41, 5.74) is 2.20. The zero-order chi connectivity index (χ0) is 14.0. The molecule has 0 saturated heterocycles. The summed E-state index contributed by atoms with van der Waals surface area (Å²) in [7, 11) is 0. The van der Waals surface area contributed by atoms with Gasteiger partial charge in [0.05, 0.1) is 16.2 Å². The van der Waals surface area contributed by atoms with Gasteiger partial charge in [0.25, 0.3) is 5.69 Å². The molecule has 0 saturated carbocycles. The van der Waals surface area contributed by atoms with Crippen LogP contribution in [0.1, 0.15) is 5.69 Å². The van der Waals surface area contributed by atoms with Crippen molar-refractivity contribution in [2.75, 3.05) is 5.43 Å². The number of nitro groups is 1. The maximum atomic E-state index is 13.6. The lowest BCUT2D eigenvalue weighted by atomic mass is 10.1. The lowest BCUT2D eigenvalue weighted by molar-refractivity contribution is -0.384. The molecule has 3 N–H and O–H groups in total. The Bertz CT molecular complexity index is 647. The maximum absolute atomic E-state index is 13.6. The van der Waals surface area contributed by atoms with Crippen molar-refractivity contribution < 1.29 is 9.31 Å². The van der Waals surface area contributed by atoms with Crippen LogP contribution in [0.2, 0.25) is 0 Å². The molecule has 0 amide bonds. The SMILES string of the molecule is Cc1nc(-c2ccccc2[N+](=O)[O-])nc(NN)c1F. The number of nitrogen functional groups attached to an aromatic ring is 1. The molecule has 7 nitrogen and oxygen atoms in total. The van der Waals surface area contributed by atoms with E-state index in [2.05, 4.69) is 15.4 Å². The maximum Gasteiger partial charge on any atom is 0.280 e. The Morgan fingerprint density at radius 1 is 1.37 bits per heavy atom. The lowest BCUT2D eigenvalue weighted by Crippen LogP contribution is -2.13. The van der Waals surface area contributed by atoms with Gasteiger partial charge in [-0.15, -0.1) is 0 Å². The summed E-state index contributed by atoms with van der Waals surface area (Å²) in [6, 6.07) is 5.96. The van der Waals surface area contributed by atoms with Crippen molar-refractivity contribution >= 4 is 11.5 Å². The first-order chi connectivity index (χ1) is 9.04. The Hall–Kier alpha value is -2.61. The first-order valence-electron chi connectivity index (χ1n) is 5.29. The smallest absolute Gasteiger partial charge is 0.280 e. The second-order valence-corrected chi connectivity index (χ2v) is 3.71. The number of nitrogens with zero attached hydrogens (tertiary/aromatic N) is 3. The van der Waals surface area contributed by atoms with Crippen LogP contribution in [0.15, 0.2) is 24.3 Å². The van der Waals surface area contributed by atoms with Crippen LogP contribution >= 0.6 is 0 Å². The number of hydrogen-bond acceptors (Lipinski definition) is 6. The van der Waals surface area contributed by atoms with E-state index in [4.69, 9.17) is 5.84 Å². The molecule has 0 fully saturated rings. The van der Waals surface area contributed by atoms with Gasteiger partial charge < -0.3 is 5.43 Å². The second kappa shape index (κ2) is 4.94. The Kier molecular flexibility index (Phi) is 3.34. The summed E-state index contributed by atoms with van der Waals surface area (Å²) < 4.78 is 13.6. The number of rotatable bonds is 3. The minimum Gasteiger partial charge on any atom is -0.306 e. The molecule has 2 rings (SSSR count). The molecule has 8 heteroatoms. The third-order valence-corrected chi connectivity index (χ3v) is 2.50. The first kappa shape index (κ1) is 12.8. The number of anilines is 1. The summed E-state index contributed by atoms with van der Waals surface area (Å²) in [5, 5.41) is 10.9. The molecule has 98 valence electrons. The number of benzene rings is 1. The van der Waals surface area contributed by atoms with E-state index in [1.165, 1.54) is 25.1 Å². The molecule has 0 unspecified atom stereocenters. The number of halogens is 1. The van der Waals surface area contributed by atoms with Gasteiger partial charge in [0.2, 0.25) is 0 Å². The van der Waals surface area contributed by atoms with E-state index in [1.54, 1.807) is 6.07 Å². The van der Waals surface area contributed by atoms with Gasteiger partial charge >= 0.3 is 0 Å². The molecule has 1 aromatic carbocycles. The third-order valence-electron chi connectivity index (χ3n) is 2.50. The van der Waals surface area contributed by atoms with Crippen LogP contribution in [0, 0.1) is 22.9 Å². The molecule has 0 aliphatic heterocycles. The average molecular weight is 263 g/mol. The summed E-state index contributed by atoms with van der Waals surface area (Å²) in [6.45, 7) is 1.43. The van der Waals surface area contributed by atoms with Gasteiger partial charge in [-0.2, -0.15) is 0 Å². The standard InChI is InChI=1S/C11H10FN5O2/c1-6-9(12)11(16-13)15-10(14-6)7-4-2-3-5-8(7)17(18)19/h2-5H,13H2,1H3,(H,14,15,16). The minimum atomic E-state index is -0.690. The zero-order valence-electron chi connectivity index (χ0n) is 9.92. The van der Waals surface area contributed by atoms with Gasteiger partial charge in [0.15, 0.2) is 17.5 Å². The highest BCUT2D eigenvalue weighted by molar-refractivity contribution is 5.68. The first-order valence-corrected chi connectivity index (χ1v) is 5.29. The summed E-state index contributed by atoms with van der Waals surface area (Å²) in [4.78, 5) is 18.1. The number of aromatic nitrogens is 2. The van der Waals surface area contributed by atoms with Crippen LogP contribution in [0.3, 0.4) is 0 Å². The molecule has 0 spiro atoms. The summed E-state index contributed by atoms with van der Waals surface area (Å²) in [5.74, 6) is 4.29. The van der Waals surface area contributed by atoms with Crippen molar-refractivity contribution in [1.82, 2.24) is 9.97 Å². The van der Waals surface area contributed by atoms with Crippen molar-refractivity contribution in [3.8, 4) is 11.4 Å². The highest BCUT2D eigenvalue weighted by atomic mass is 19.1. The predicted molar refractivity (Wildman–Crippen MR) is 66.6 cm³/mol. The van der Waals surface area contributed by atoms with Crippen LogP contribution in [0.25, 0.3) is 11.4 Å². The number of hydrazine groups is 1. The zero-order valence-corrected chi connectivity index (χ0v) is 9.92. The monoisotopic (exact) mass is 263 g/mol. The van der Waals surface area contributed by atoms with Gasteiger partial charge in [-0.1, -0.05) is 12.1 Å². The van der Waals surface area contributed by atoms with E-state index in [1.807, 2.05) is 0 Å². The highest BCUT2D eigenvalue weighted by Crippen LogP contribution is 2.28. The van der Waals surface area contributed by atoms with E-state index >= 15 is 0 Å². The number of nitro benzene ring substituents is 1. The number of nitrogens with one attached hydrogen (secondary N) is 1. The fourth-order valence-corrected chi connectivity index (χ4v) is 1.60. The van der Waals surface area contributed by atoms with Crippen LogP contribution in [0.5, 0.6) is 0 Å². The van der Waals surface area contributed by atoms with Gasteiger partial charge in [-0.25, -0.2) is 20.2 Å². The molecule has 1 aromatic heterocycles. The molecule has 0 atom stereocenters. The number of para-hydroxylation sites is 1. The Balaban J connectivity index is 2.66. The average Bonchev–Trinajstić information content (AvgIpc) is 2.41. The molecule has 0 aliphatic rings. The van der Waals surface area contributed by atoms with E-state index < -0.39 is 10.7 Å².